The van der Waals surface area contributed by atoms with Crippen molar-refractivity contribution in [2.45, 2.75) is 57.2 Å². The number of rotatable bonds is 6. The molecule has 2 N–H and O–H groups in total. The number of carbonyl (C=O) groups is 1. The first-order valence-electron chi connectivity index (χ1n) is 8.63. The molecule has 0 bridgehead atoms. The summed E-state index contributed by atoms with van der Waals surface area (Å²) in [6, 6.07) is 10.4. The Morgan fingerprint density at radius 3 is 2.71 bits per heavy atom. The molecule has 1 fully saturated rings. The molecule has 0 unspecified atom stereocenters. The highest BCUT2D eigenvalue weighted by Crippen LogP contribution is 2.18. The van der Waals surface area contributed by atoms with Gasteiger partial charge in [0.2, 0.25) is 0 Å². The first-order chi connectivity index (χ1) is 11.7. The maximum Gasteiger partial charge on any atom is 0.273 e. The zero-order valence-electron chi connectivity index (χ0n) is 13.8. The Bertz CT molecular complexity index is 648. The van der Waals surface area contributed by atoms with Gasteiger partial charge in [-0.1, -0.05) is 35.5 Å². The van der Waals surface area contributed by atoms with Crippen molar-refractivity contribution in [1.82, 2.24) is 20.3 Å². The van der Waals surface area contributed by atoms with Crippen molar-refractivity contribution >= 4 is 5.91 Å². The van der Waals surface area contributed by atoms with Crippen molar-refractivity contribution in [2.75, 3.05) is 0 Å². The fourth-order valence-corrected chi connectivity index (χ4v) is 3.08. The maximum absolute atomic E-state index is 12.2. The predicted molar refractivity (Wildman–Crippen MR) is 90.5 cm³/mol. The van der Waals surface area contributed by atoms with Gasteiger partial charge in [0.05, 0.1) is 12.3 Å². The van der Waals surface area contributed by atoms with E-state index in [1.54, 1.807) is 10.9 Å². The molecule has 1 saturated carbocycles. The molecule has 1 heterocycles. The second kappa shape index (κ2) is 8.06. The van der Waals surface area contributed by atoms with E-state index >= 15 is 0 Å². The van der Waals surface area contributed by atoms with Gasteiger partial charge in [-0.05, 0) is 44.1 Å². The van der Waals surface area contributed by atoms with Crippen LogP contribution in [0.5, 0.6) is 0 Å². The fourth-order valence-electron chi connectivity index (χ4n) is 3.08. The van der Waals surface area contributed by atoms with Gasteiger partial charge < -0.3 is 10.4 Å². The summed E-state index contributed by atoms with van der Waals surface area (Å²) >= 11 is 0. The predicted octanol–water partition coefficient (Wildman–Crippen LogP) is 1.94. The smallest absolute Gasteiger partial charge is 0.273 e. The highest BCUT2D eigenvalue weighted by atomic mass is 16.3. The highest BCUT2D eigenvalue weighted by molar-refractivity contribution is 5.92. The molecule has 3 rings (SSSR count). The molecule has 0 aliphatic heterocycles. The molecule has 0 saturated heterocycles. The summed E-state index contributed by atoms with van der Waals surface area (Å²) in [7, 11) is 0. The van der Waals surface area contributed by atoms with Gasteiger partial charge in [-0.25, -0.2) is 0 Å². The van der Waals surface area contributed by atoms with Crippen LogP contribution in [0, 0.1) is 0 Å². The van der Waals surface area contributed by atoms with E-state index in [2.05, 4.69) is 27.8 Å². The number of hydrogen-bond donors (Lipinski definition) is 2. The minimum absolute atomic E-state index is 0.129. The number of amides is 1. The lowest BCUT2D eigenvalue weighted by atomic mass is 9.93. The molecule has 1 aliphatic carbocycles. The minimum atomic E-state index is -0.219. The molecule has 1 amide bonds. The second-order valence-electron chi connectivity index (χ2n) is 6.43. The number of aromatic nitrogens is 3. The first kappa shape index (κ1) is 16.6. The van der Waals surface area contributed by atoms with Crippen molar-refractivity contribution in [3.05, 3.63) is 47.8 Å². The summed E-state index contributed by atoms with van der Waals surface area (Å²) in [4.78, 5) is 12.2. The van der Waals surface area contributed by atoms with Crippen LogP contribution in [-0.4, -0.2) is 38.2 Å². The average molecular weight is 328 g/mol. The Hall–Kier alpha value is -2.21. The van der Waals surface area contributed by atoms with Crippen LogP contribution in [0.15, 0.2) is 36.5 Å². The first-order valence-corrected chi connectivity index (χ1v) is 8.63. The molecule has 128 valence electrons. The van der Waals surface area contributed by atoms with Gasteiger partial charge in [0, 0.05) is 12.6 Å². The number of aliphatic hydroxyl groups excluding tert-OH is 1. The molecule has 0 atom stereocenters. The molecule has 24 heavy (non-hydrogen) atoms. The topological polar surface area (TPSA) is 80.0 Å². The largest absolute Gasteiger partial charge is 0.393 e. The van der Waals surface area contributed by atoms with E-state index in [9.17, 15) is 9.90 Å². The summed E-state index contributed by atoms with van der Waals surface area (Å²) in [6.07, 6.45) is 6.55. The highest BCUT2D eigenvalue weighted by Gasteiger charge is 2.22. The van der Waals surface area contributed by atoms with Crippen molar-refractivity contribution in [3.8, 4) is 0 Å². The number of hydrogen-bond acceptors (Lipinski definition) is 4. The number of aryl methyl sites for hydroxylation is 2. The van der Waals surface area contributed by atoms with Crippen molar-refractivity contribution < 1.29 is 9.90 Å². The van der Waals surface area contributed by atoms with Crippen LogP contribution in [0.4, 0.5) is 0 Å². The maximum atomic E-state index is 12.2. The van der Waals surface area contributed by atoms with Gasteiger partial charge >= 0.3 is 0 Å². The average Bonchev–Trinajstić information content (AvgIpc) is 3.07. The third-order valence-electron chi connectivity index (χ3n) is 4.50. The van der Waals surface area contributed by atoms with Gasteiger partial charge in [0.15, 0.2) is 5.69 Å². The Morgan fingerprint density at radius 2 is 1.96 bits per heavy atom. The lowest BCUT2D eigenvalue weighted by molar-refractivity contribution is 0.0863. The zero-order chi connectivity index (χ0) is 16.8. The van der Waals surface area contributed by atoms with Crippen molar-refractivity contribution in [2.24, 2.45) is 0 Å². The number of benzene rings is 1. The third-order valence-corrected chi connectivity index (χ3v) is 4.50. The van der Waals surface area contributed by atoms with Crippen LogP contribution >= 0.6 is 0 Å². The SMILES string of the molecule is O=C(NC1CCC(O)CC1)c1cn(CCCc2ccccc2)nn1. The monoisotopic (exact) mass is 328 g/mol. The summed E-state index contributed by atoms with van der Waals surface area (Å²) in [6.45, 7) is 0.741. The standard InChI is InChI=1S/C18H24N4O2/c23-16-10-8-15(9-11-16)19-18(24)17-13-22(21-20-17)12-4-7-14-5-2-1-3-6-14/h1-3,5-6,13,15-16,23H,4,7-12H2,(H,19,24). The molecule has 2 aromatic rings. The Balaban J connectivity index is 1.45. The van der Waals surface area contributed by atoms with Crippen LogP contribution in [-0.2, 0) is 13.0 Å². The summed E-state index contributed by atoms with van der Waals surface area (Å²) < 4.78 is 1.72. The van der Waals surface area contributed by atoms with E-state index in [1.807, 2.05) is 18.2 Å². The van der Waals surface area contributed by atoms with Gasteiger partial charge in [0.25, 0.3) is 5.91 Å². The number of nitrogens with zero attached hydrogens (tertiary/aromatic N) is 3. The van der Waals surface area contributed by atoms with Crippen LogP contribution in [0.2, 0.25) is 0 Å². The lowest BCUT2D eigenvalue weighted by Gasteiger charge is -2.25. The summed E-state index contributed by atoms with van der Waals surface area (Å²) in [5, 5.41) is 20.5. The lowest BCUT2D eigenvalue weighted by Crippen LogP contribution is -2.38. The minimum Gasteiger partial charge on any atom is -0.393 e. The van der Waals surface area contributed by atoms with Crippen LogP contribution in [0.25, 0.3) is 0 Å². The van der Waals surface area contributed by atoms with E-state index in [-0.39, 0.29) is 18.1 Å². The van der Waals surface area contributed by atoms with Crippen LogP contribution in [0.1, 0.15) is 48.2 Å². The van der Waals surface area contributed by atoms with E-state index in [0.717, 1.165) is 45.1 Å². The molecule has 1 aromatic carbocycles. The van der Waals surface area contributed by atoms with E-state index < -0.39 is 0 Å². The number of carbonyl (C=O) groups excluding carboxylic acids is 1. The van der Waals surface area contributed by atoms with Gasteiger partial charge in [-0.15, -0.1) is 5.10 Å². The van der Waals surface area contributed by atoms with E-state index in [0.29, 0.717) is 5.69 Å². The number of aliphatic hydroxyl groups is 1. The summed E-state index contributed by atoms with van der Waals surface area (Å²) in [5.41, 5.74) is 1.66. The van der Waals surface area contributed by atoms with Crippen molar-refractivity contribution in [1.29, 1.82) is 0 Å². The summed E-state index contributed by atoms with van der Waals surface area (Å²) in [5.74, 6) is -0.175. The molecule has 6 heteroatoms. The molecule has 1 aromatic heterocycles. The van der Waals surface area contributed by atoms with E-state index in [4.69, 9.17) is 0 Å². The van der Waals surface area contributed by atoms with E-state index in [1.165, 1.54) is 5.56 Å². The Labute approximate surface area is 141 Å². The Kier molecular flexibility index (Phi) is 5.59. The van der Waals surface area contributed by atoms with Gasteiger partial charge in [0.1, 0.15) is 0 Å². The molecule has 1 aliphatic rings. The van der Waals surface area contributed by atoms with Gasteiger partial charge in [-0.3, -0.25) is 9.48 Å². The van der Waals surface area contributed by atoms with Crippen LogP contribution in [0.3, 0.4) is 0 Å². The molecule has 6 nitrogen and oxygen atoms in total. The second-order valence-corrected chi connectivity index (χ2v) is 6.43. The molecular weight excluding hydrogens is 304 g/mol. The zero-order valence-corrected chi connectivity index (χ0v) is 13.8. The third kappa shape index (κ3) is 4.64. The molecular formula is C18H24N4O2. The molecule has 0 spiro atoms. The Morgan fingerprint density at radius 1 is 1.21 bits per heavy atom. The quantitative estimate of drug-likeness (QED) is 0.849. The van der Waals surface area contributed by atoms with Crippen LogP contribution < -0.4 is 5.32 Å². The fraction of sp³-hybridized carbons (Fsp3) is 0.500. The normalized spacial score (nSPS) is 20.7. The molecule has 0 radical (unpaired) electrons. The van der Waals surface area contributed by atoms with Gasteiger partial charge in [-0.2, -0.15) is 0 Å². The number of nitrogens with one attached hydrogen (secondary N) is 1. The van der Waals surface area contributed by atoms with Crippen molar-refractivity contribution in [3.63, 3.8) is 0 Å².